The molecule has 0 radical (unpaired) electrons. The van der Waals surface area contributed by atoms with E-state index in [0.717, 1.165) is 17.4 Å². The predicted octanol–water partition coefficient (Wildman–Crippen LogP) is 1.82. The van der Waals surface area contributed by atoms with Crippen molar-refractivity contribution in [3.8, 4) is 11.5 Å². The first-order valence-electron chi connectivity index (χ1n) is 6.85. The highest BCUT2D eigenvalue weighted by atomic mass is 16.5. The highest BCUT2D eigenvalue weighted by Crippen LogP contribution is 2.26. The van der Waals surface area contributed by atoms with Crippen molar-refractivity contribution in [3.63, 3.8) is 0 Å². The molecule has 1 saturated carbocycles. The van der Waals surface area contributed by atoms with Gasteiger partial charge in [0.05, 0.1) is 7.11 Å². The summed E-state index contributed by atoms with van der Waals surface area (Å²) in [7, 11) is 1.63. The predicted molar refractivity (Wildman–Crippen MR) is 74.7 cm³/mol. The van der Waals surface area contributed by atoms with Crippen molar-refractivity contribution >= 4 is 0 Å². The molecule has 4 nitrogen and oxygen atoms in total. The van der Waals surface area contributed by atoms with E-state index in [1.807, 2.05) is 24.3 Å². The number of methoxy groups -OCH3 is 1. The largest absolute Gasteiger partial charge is 0.497 e. The molecule has 1 aliphatic carbocycles. The molecule has 1 fully saturated rings. The number of rotatable bonds is 7. The maximum Gasteiger partial charge on any atom is 0.119 e. The summed E-state index contributed by atoms with van der Waals surface area (Å²) in [4.78, 5) is 0. The molecular weight excluding hydrogens is 242 g/mol. The van der Waals surface area contributed by atoms with Crippen LogP contribution in [0.4, 0.5) is 0 Å². The van der Waals surface area contributed by atoms with Gasteiger partial charge in [0.25, 0.3) is 0 Å². The molecule has 2 N–H and O–H groups in total. The van der Waals surface area contributed by atoms with Gasteiger partial charge in [0.15, 0.2) is 0 Å². The summed E-state index contributed by atoms with van der Waals surface area (Å²) in [5.74, 6) is 2.37. The van der Waals surface area contributed by atoms with E-state index in [4.69, 9.17) is 9.47 Å². The minimum Gasteiger partial charge on any atom is -0.497 e. The van der Waals surface area contributed by atoms with Crippen molar-refractivity contribution in [2.45, 2.75) is 31.9 Å². The van der Waals surface area contributed by atoms with Crippen LogP contribution in [0, 0.1) is 5.92 Å². The third-order valence-electron chi connectivity index (χ3n) is 3.52. The maximum atomic E-state index is 9.83. The lowest BCUT2D eigenvalue weighted by Gasteiger charge is -2.34. The standard InChI is InChI=1S/C15H23NO3/c1-11-7-12(8-11)16-9-13(17)10-19-15-5-3-14(18-2)4-6-15/h3-6,11-13,16-17H,7-10H2,1-2H3. The molecule has 0 aliphatic heterocycles. The summed E-state index contributed by atoms with van der Waals surface area (Å²) in [6.07, 6.45) is 1.95. The van der Waals surface area contributed by atoms with Crippen LogP contribution in [0.3, 0.4) is 0 Å². The van der Waals surface area contributed by atoms with Crippen molar-refractivity contribution in [1.29, 1.82) is 0 Å². The third-order valence-corrected chi connectivity index (χ3v) is 3.52. The van der Waals surface area contributed by atoms with Gasteiger partial charge in [-0.2, -0.15) is 0 Å². The Bertz CT molecular complexity index is 373. The number of hydrogen-bond acceptors (Lipinski definition) is 4. The molecule has 0 amide bonds. The van der Waals surface area contributed by atoms with E-state index in [-0.39, 0.29) is 0 Å². The molecule has 4 heteroatoms. The fraction of sp³-hybridized carbons (Fsp3) is 0.600. The number of ether oxygens (including phenoxy) is 2. The van der Waals surface area contributed by atoms with Crippen LogP contribution in [0.2, 0.25) is 0 Å². The summed E-state index contributed by atoms with van der Waals surface area (Å²) >= 11 is 0. The molecule has 1 aromatic rings. The lowest BCUT2D eigenvalue weighted by atomic mass is 9.82. The maximum absolute atomic E-state index is 9.83. The SMILES string of the molecule is COc1ccc(OCC(O)CNC2CC(C)C2)cc1. The van der Waals surface area contributed by atoms with Crippen molar-refractivity contribution in [2.24, 2.45) is 5.92 Å². The van der Waals surface area contributed by atoms with Gasteiger partial charge in [-0.05, 0) is 43.0 Å². The molecule has 2 rings (SSSR count). The lowest BCUT2D eigenvalue weighted by molar-refractivity contribution is 0.0955. The van der Waals surface area contributed by atoms with Crippen LogP contribution in [0.5, 0.6) is 11.5 Å². The smallest absolute Gasteiger partial charge is 0.119 e. The van der Waals surface area contributed by atoms with Gasteiger partial charge in [-0.3, -0.25) is 0 Å². The van der Waals surface area contributed by atoms with Gasteiger partial charge in [-0.15, -0.1) is 0 Å². The van der Waals surface area contributed by atoms with Gasteiger partial charge < -0.3 is 19.9 Å². The van der Waals surface area contributed by atoms with Crippen LogP contribution in [0.15, 0.2) is 24.3 Å². The van der Waals surface area contributed by atoms with Crippen LogP contribution in [-0.4, -0.2) is 37.5 Å². The normalized spacial score (nSPS) is 23.5. The van der Waals surface area contributed by atoms with Crippen LogP contribution < -0.4 is 14.8 Å². The van der Waals surface area contributed by atoms with Crippen molar-refractivity contribution in [2.75, 3.05) is 20.3 Å². The summed E-state index contributed by atoms with van der Waals surface area (Å²) in [6.45, 7) is 3.15. The van der Waals surface area contributed by atoms with Gasteiger partial charge in [0.2, 0.25) is 0 Å². The third kappa shape index (κ3) is 4.40. The number of nitrogens with one attached hydrogen (secondary N) is 1. The van der Waals surface area contributed by atoms with Crippen LogP contribution in [-0.2, 0) is 0 Å². The first kappa shape index (κ1) is 14.2. The van der Waals surface area contributed by atoms with Crippen LogP contribution in [0.25, 0.3) is 0 Å². The average molecular weight is 265 g/mol. The van der Waals surface area contributed by atoms with E-state index in [0.29, 0.717) is 19.2 Å². The molecule has 1 aromatic carbocycles. The van der Waals surface area contributed by atoms with Gasteiger partial charge in [0, 0.05) is 12.6 Å². The second kappa shape index (κ2) is 6.78. The van der Waals surface area contributed by atoms with Gasteiger partial charge in [0.1, 0.15) is 24.2 Å². The van der Waals surface area contributed by atoms with E-state index in [9.17, 15) is 5.11 Å². The zero-order valence-corrected chi connectivity index (χ0v) is 11.6. The Balaban J connectivity index is 1.63. The van der Waals surface area contributed by atoms with Gasteiger partial charge >= 0.3 is 0 Å². The van der Waals surface area contributed by atoms with E-state index < -0.39 is 6.10 Å². The summed E-state index contributed by atoms with van der Waals surface area (Å²) < 4.78 is 10.6. The minimum atomic E-state index is -0.474. The Morgan fingerprint density at radius 1 is 1.26 bits per heavy atom. The molecule has 0 bridgehead atoms. The quantitative estimate of drug-likeness (QED) is 0.789. The van der Waals surface area contributed by atoms with Crippen molar-refractivity contribution in [3.05, 3.63) is 24.3 Å². The Kier molecular flexibility index (Phi) is 5.05. The first-order valence-corrected chi connectivity index (χ1v) is 6.85. The Morgan fingerprint density at radius 3 is 2.47 bits per heavy atom. The Hall–Kier alpha value is -1.26. The van der Waals surface area contributed by atoms with E-state index in [1.54, 1.807) is 7.11 Å². The Morgan fingerprint density at radius 2 is 1.89 bits per heavy atom. The number of aliphatic hydroxyl groups is 1. The highest BCUT2D eigenvalue weighted by Gasteiger charge is 2.25. The zero-order valence-electron chi connectivity index (χ0n) is 11.6. The number of aliphatic hydroxyl groups excluding tert-OH is 1. The summed E-state index contributed by atoms with van der Waals surface area (Å²) in [5, 5.41) is 13.2. The zero-order chi connectivity index (χ0) is 13.7. The molecule has 0 spiro atoms. The molecule has 0 heterocycles. The van der Waals surface area contributed by atoms with E-state index in [1.165, 1.54) is 12.8 Å². The average Bonchev–Trinajstić information content (AvgIpc) is 2.40. The fourth-order valence-electron chi connectivity index (χ4n) is 2.30. The molecular formula is C15H23NO3. The highest BCUT2D eigenvalue weighted by molar-refractivity contribution is 5.31. The molecule has 0 aromatic heterocycles. The van der Waals surface area contributed by atoms with Crippen LogP contribution >= 0.6 is 0 Å². The molecule has 106 valence electrons. The van der Waals surface area contributed by atoms with Gasteiger partial charge in [-0.1, -0.05) is 6.92 Å². The molecule has 19 heavy (non-hydrogen) atoms. The first-order chi connectivity index (χ1) is 9.17. The topological polar surface area (TPSA) is 50.7 Å². The van der Waals surface area contributed by atoms with E-state index in [2.05, 4.69) is 12.2 Å². The van der Waals surface area contributed by atoms with Crippen molar-refractivity contribution in [1.82, 2.24) is 5.32 Å². The summed E-state index contributed by atoms with van der Waals surface area (Å²) in [6, 6.07) is 7.94. The van der Waals surface area contributed by atoms with Crippen molar-refractivity contribution < 1.29 is 14.6 Å². The van der Waals surface area contributed by atoms with E-state index >= 15 is 0 Å². The molecule has 1 atom stereocenters. The second-order valence-corrected chi connectivity index (χ2v) is 5.32. The molecule has 0 saturated heterocycles. The molecule has 1 aliphatic rings. The summed E-state index contributed by atoms with van der Waals surface area (Å²) in [5.41, 5.74) is 0. The number of benzene rings is 1. The minimum absolute atomic E-state index is 0.307. The number of hydrogen-bond donors (Lipinski definition) is 2. The second-order valence-electron chi connectivity index (χ2n) is 5.32. The monoisotopic (exact) mass is 265 g/mol. The Labute approximate surface area is 114 Å². The van der Waals surface area contributed by atoms with Crippen LogP contribution in [0.1, 0.15) is 19.8 Å². The fourth-order valence-corrected chi connectivity index (χ4v) is 2.30. The van der Waals surface area contributed by atoms with Gasteiger partial charge in [-0.25, -0.2) is 0 Å². The molecule has 1 unspecified atom stereocenters. The lowest BCUT2D eigenvalue weighted by Crippen LogP contribution is -2.44.